The van der Waals surface area contributed by atoms with Gasteiger partial charge in [0.15, 0.2) is 0 Å². The van der Waals surface area contributed by atoms with Crippen LogP contribution in [-0.2, 0) is 14.3 Å². The molecule has 6 heteroatoms. The van der Waals surface area contributed by atoms with Gasteiger partial charge in [-0.15, -0.1) is 0 Å². The van der Waals surface area contributed by atoms with E-state index in [4.69, 9.17) is 4.74 Å². The summed E-state index contributed by atoms with van der Waals surface area (Å²) in [5.74, 6) is -0.0934. The number of rotatable bonds is 49. The highest BCUT2D eigenvalue weighted by Gasteiger charge is 2.20. The maximum absolute atomic E-state index is 12.4. The Hall–Kier alpha value is -2.18. The molecule has 0 bridgehead atoms. The summed E-state index contributed by atoms with van der Waals surface area (Å²) in [7, 11) is 0. The lowest BCUT2D eigenvalue weighted by Gasteiger charge is -2.22. The van der Waals surface area contributed by atoms with Crippen molar-refractivity contribution in [3.63, 3.8) is 0 Å². The van der Waals surface area contributed by atoms with E-state index in [2.05, 4.69) is 67.8 Å². The molecule has 0 rings (SSSR count). The van der Waals surface area contributed by atoms with Crippen LogP contribution >= 0.6 is 0 Å². The van der Waals surface area contributed by atoms with Crippen LogP contribution in [0.5, 0.6) is 0 Å². The first kappa shape index (κ1) is 59.8. The SMILES string of the molecule is CCC/C=C\C/C=C\CCCCCCCC(=O)OCC/C=C\C/C=C\CCCCCCCCCCCCCCCCC(=O)NC(CO)C(O)CCCCCCCCCCCCC. The number of aliphatic hydroxyl groups is 2. The monoisotopic (exact) mass is 870 g/mol. The fourth-order valence-corrected chi connectivity index (χ4v) is 7.99. The third-order valence-corrected chi connectivity index (χ3v) is 12.1. The third kappa shape index (κ3) is 47.3. The van der Waals surface area contributed by atoms with E-state index < -0.39 is 12.1 Å². The number of allylic oxidation sites excluding steroid dienone is 7. The van der Waals surface area contributed by atoms with E-state index in [9.17, 15) is 19.8 Å². The summed E-state index contributed by atoms with van der Waals surface area (Å²) in [6.07, 6.45) is 64.0. The number of carbonyl (C=O) groups is 2. The maximum atomic E-state index is 12.4. The molecule has 0 aromatic heterocycles. The van der Waals surface area contributed by atoms with Crippen molar-refractivity contribution in [2.75, 3.05) is 13.2 Å². The Morgan fingerprint density at radius 3 is 1.29 bits per heavy atom. The average molecular weight is 870 g/mol. The Labute approximate surface area is 385 Å². The van der Waals surface area contributed by atoms with Gasteiger partial charge in [0.05, 0.1) is 25.4 Å². The second-order valence-corrected chi connectivity index (χ2v) is 18.2. The van der Waals surface area contributed by atoms with Crippen LogP contribution in [0.3, 0.4) is 0 Å². The molecule has 1 amide bonds. The molecule has 0 aliphatic carbocycles. The Morgan fingerprint density at radius 1 is 0.452 bits per heavy atom. The van der Waals surface area contributed by atoms with Crippen molar-refractivity contribution in [3.8, 4) is 0 Å². The highest BCUT2D eigenvalue weighted by Crippen LogP contribution is 2.16. The first-order valence-electron chi connectivity index (χ1n) is 26.9. The highest BCUT2D eigenvalue weighted by molar-refractivity contribution is 5.76. The predicted octanol–water partition coefficient (Wildman–Crippen LogP) is 16.2. The molecule has 0 aliphatic rings. The van der Waals surface area contributed by atoms with Crippen molar-refractivity contribution in [1.82, 2.24) is 5.32 Å². The first-order chi connectivity index (χ1) is 30.5. The second-order valence-electron chi connectivity index (χ2n) is 18.2. The number of aliphatic hydroxyl groups excluding tert-OH is 2. The number of amides is 1. The minimum Gasteiger partial charge on any atom is -0.465 e. The van der Waals surface area contributed by atoms with Gasteiger partial charge in [-0.25, -0.2) is 0 Å². The van der Waals surface area contributed by atoms with Gasteiger partial charge in [-0.1, -0.05) is 236 Å². The highest BCUT2D eigenvalue weighted by atomic mass is 16.5. The number of carbonyl (C=O) groups excluding carboxylic acids is 2. The fourth-order valence-electron chi connectivity index (χ4n) is 7.99. The van der Waals surface area contributed by atoms with Crippen molar-refractivity contribution in [3.05, 3.63) is 48.6 Å². The third-order valence-electron chi connectivity index (χ3n) is 12.1. The molecular formula is C56H103NO5. The maximum Gasteiger partial charge on any atom is 0.305 e. The van der Waals surface area contributed by atoms with E-state index in [1.54, 1.807) is 0 Å². The van der Waals surface area contributed by atoms with E-state index in [1.165, 1.54) is 173 Å². The summed E-state index contributed by atoms with van der Waals surface area (Å²) < 4.78 is 5.39. The van der Waals surface area contributed by atoms with Gasteiger partial charge >= 0.3 is 5.97 Å². The standard InChI is InChI=1S/C56H103NO5/c1-3-5-7-9-11-13-15-25-30-34-38-42-46-50-56(61)62-51-47-43-39-35-31-27-24-22-20-18-16-17-19-21-23-26-29-33-37-41-45-49-55(60)57-53(52-58)54(59)48-44-40-36-32-28-14-12-10-8-6-4-2/h7,9,13,15,27,31,39,43,53-54,58-59H,3-6,8,10-12,14,16-26,28-30,32-38,40-42,44-52H2,1-2H3,(H,57,60)/b9-7-,15-13-,31-27-,43-39-. The quantitative estimate of drug-likeness (QED) is 0.0322. The van der Waals surface area contributed by atoms with Crippen LogP contribution in [-0.4, -0.2) is 47.4 Å². The number of esters is 1. The Kier molecular flexibility index (Phi) is 49.6. The van der Waals surface area contributed by atoms with Crippen LogP contribution in [0.15, 0.2) is 48.6 Å². The molecule has 0 saturated carbocycles. The van der Waals surface area contributed by atoms with E-state index in [-0.39, 0.29) is 18.5 Å². The second kappa shape index (κ2) is 51.5. The molecule has 2 unspecified atom stereocenters. The summed E-state index contributed by atoms with van der Waals surface area (Å²) in [6.45, 7) is 4.75. The normalized spacial score (nSPS) is 13.0. The smallest absolute Gasteiger partial charge is 0.305 e. The summed E-state index contributed by atoms with van der Waals surface area (Å²) >= 11 is 0. The molecule has 0 aromatic carbocycles. The molecule has 0 radical (unpaired) electrons. The van der Waals surface area contributed by atoms with Gasteiger partial charge in [0.25, 0.3) is 0 Å². The Bertz CT molecular complexity index is 1050. The summed E-state index contributed by atoms with van der Waals surface area (Å²) in [6, 6.07) is -0.545. The number of unbranched alkanes of at least 4 members (excludes halogenated alkanes) is 30. The molecular weight excluding hydrogens is 767 g/mol. The molecule has 6 nitrogen and oxygen atoms in total. The summed E-state index contributed by atoms with van der Waals surface area (Å²) in [5, 5.41) is 23.1. The van der Waals surface area contributed by atoms with Crippen LogP contribution in [0, 0.1) is 0 Å². The predicted molar refractivity (Wildman–Crippen MR) is 269 cm³/mol. The summed E-state index contributed by atoms with van der Waals surface area (Å²) in [5.41, 5.74) is 0. The van der Waals surface area contributed by atoms with Crippen molar-refractivity contribution in [2.45, 2.75) is 283 Å². The number of ether oxygens (including phenoxy) is 1. The van der Waals surface area contributed by atoms with Crippen LogP contribution in [0.2, 0.25) is 0 Å². The number of hydrogen-bond acceptors (Lipinski definition) is 5. The largest absolute Gasteiger partial charge is 0.465 e. The van der Waals surface area contributed by atoms with E-state index >= 15 is 0 Å². The van der Waals surface area contributed by atoms with Crippen LogP contribution < -0.4 is 5.32 Å². The molecule has 0 fully saturated rings. The van der Waals surface area contributed by atoms with E-state index in [1.807, 2.05) is 0 Å². The average Bonchev–Trinajstić information content (AvgIpc) is 3.27. The van der Waals surface area contributed by atoms with E-state index in [0.717, 1.165) is 64.2 Å². The van der Waals surface area contributed by atoms with E-state index in [0.29, 0.717) is 25.9 Å². The van der Waals surface area contributed by atoms with Crippen molar-refractivity contribution in [2.24, 2.45) is 0 Å². The molecule has 0 aromatic rings. The lowest BCUT2D eigenvalue weighted by atomic mass is 10.0. The molecule has 362 valence electrons. The minimum absolute atomic E-state index is 0.0420. The Morgan fingerprint density at radius 2 is 0.839 bits per heavy atom. The van der Waals surface area contributed by atoms with Gasteiger partial charge in [-0.05, 0) is 70.6 Å². The van der Waals surface area contributed by atoms with Crippen LogP contribution in [0.25, 0.3) is 0 Å². The van der Waals surface area contributed by atoms with Crippen LogP contribution in [0.1, 0.15) is 271 Å². The van der Waals surface area contributed by atoms with Gasteiger partial charge < -0.3 is 20.3 Å². The zero-order valence-corrected chi connectivity index (χ0v) is 41.1. The Balaban J connectivity index is 3.46. The molecule has 0 spiro atoms. The van der Waals surface area contributed by atoms with Crippen molar-refractivity contribution in [1.29, 1.82) is 0 Å². The van der Waals surface area contributed by atoms with Gasteiger partial charge in [0.2, 0.25) is 5.91 Å². The zero-order chi connectivity index (χ0) is 45.1. The number of hydrogen-bond donors (Lipinski definition) is 3. The van der Waals surface area contributed by atoms with Crippen LogP contribution in [0.4, 0.5) is 0 Å². The summed E-state index contributed by atoms with van der Waals surface area (Å²) in [4.78, 5) is 24.4. The molecule has 0 heterocycles. The molecule has 0 aliphatic heterocycles. The molecule has 2 atom stereocenters. The first-order valence-corrected chi connectivity index (χ1v) is 26.9. The molecule has 3 N–H and O–H groups in total. The van der Waals surface area contributed by atoms with Gasteiger partial charge in [0, 0.05) is 12.8 Å². The van der Waals surface area contributed by atoms with Crippen molar-refractivity contribution < 1.29 is 24.5 Å². The topological polar surface area (TPSA) is 95.9 Å². The van der Waals surface area contributed by atoms with Gasteiger partial charge in [-0.2, -0.15) is 0 Å². The molecule has 62 heavy (non-hydrogen) atoms. The molecule has 0 saturated heterocycles. The van der Waals surface area contributed by atoms with Gasteiger partial charge in [-0.3, -0.25) is 9.59 Å². The van der Waals surface area contributed by atoms with Gasteiger partial charge in [0.1, 0.15) is 0 Å². The fraction of sp³-hybridized carbons (Fsp3) is 0.821. The van der Waals surface area contributed by atoms with Crippen molar-refractivity contribution >= 4 is 11.9 Å². The lowest BCUT2D eigenvalue weighted by molar-refractivity contribution is -0.143. The number of nitrogens with one attached hydrogen (secondary N) is 1. The minimum atomic E-state index is -0.667. The lowest BCUT2D eigenvalue weighted by Crippen LogP contribution is -2.45. The zero-order valence-electron chi connectivity index (χ0n) is 41.1.